The van der Waals surface area contributed by atoms with Crippen LogP contribution in [0.25, 0.3) is 0 Å². The first-order valence-electron chi connectivity index (χ1n) is 9.07. The Morgan fingerprint density at radius 3 is 2.34 bits per heavy atom. The third-order valence-corrected chi connectivity index (χ3v) is 4.58. The topological polar surface area (TPSA) is 88.1 Å². The van der Waals surface area contributed by atoms with Crippen LogP contribution in [0.15, 0.2) is 60.8 Å². The monoisotopic (exact) mass is 412 g/mol. The maximum atomic E-state index is 10.8. The van der Waals surface area contributed by atoms with E-state index in [-0.39, 0.29) is 5.56 Å². The highest BCUT2D eigenvalue weighted by molar-refractivity contribution is 6.29. The number of ether oxygens (including phenoxy) is 2. The Labute approximate surface area is 174 Å². The summed E-state index contributed by atoms with van der Waals surface area (Å²) in [4.78, 5) is 14.8. The van der Waals surface area contributed by atoms with Crippen LogP contribution in [0, 0.1) is 0 Å². The molecule has 7 heteroatoms. The van der Waals surface area contributed by atoms with Crippen molar-refractivity contribution in [3.05, 3.63) is 88.2 Å². The Morgan fingerprint density at radius 2 is 1.69 bits per heavy atom. The minimum Gasteiger partial charge on any atom is -0.545 e. The van der Waals surface area contributed by atoms with Gasteiger partial charge in [-0.1, -0.05) is 41.9 Å². The molecule has 0 unspecified atom stereocenters. The number of hydrogen-bond acceptors (Lipinski definition) is 5. The molecule has 29 heavy (non-hydrogen) atoms. The number of carbonyl (C=O) groups is 1. The lowest BCUT2D eigenvalue weighted by Crippen LogP contribution is -2.80. The molecular weight excluding hydrogens is 392 g/mol. The smallest absolute Gasteiger partial charge is 0.161 e. The van der Waals surface area contributed by atoms with Crippen LogP contribution in [0.1, 0.15) is 27.0 Å². The number of halogens is 1. The number of quaternary nitrogens is 1. The van der Waals surface area contributed by atoms with Gasteiger partial charge in [0.05, 0.1) is 13.1 Å². The first-order valence-corrected chi connectivity index (χ1v) is 9.45. The number of carboxylic acid groups (broad SMARTS) is 1. The molecule has 2 N–H and O–H groups in total. The van der Waals surface area contributed by atoms with Crippen molar-refractivity contribution in [2.24, 2.45) is 0 Å². The second-order valence-corrected chi connectivity index (χ2v) is 6.83. The quantitative estimate of drug-likeness (QED) is 0.543. The van der Waals surface area contributed by atoms with Gasteiger partial charge in [0.25, 0.3) is 0 Å². The van der Waals surface area contributed by atoms with Gasteiger partial charge >= 0.3 is 0 Å². The van der Waals surface area contributed by atoms with Crippen molar-refractivity contribution >= 4 is 17.6 Å². The van der Waals surface area contributed by atoms with Gasteiger partial charge in [-0.05, 0) is 29.8 Å². The summed E-state index contributed by atoms with van der Waals surface area (Å²) in [6, 6.07) is 16.1. The fourth-order valence-electron chi connectivity index (χ4n) is 2.79. The number of carbonyl (C=O) groups excluding carboxylic acids is 1. The molecule has 3 aromatic rings. The fourth-order valence-corrected chi connectivity index (χ4v) is 2.91. The zero-order chi connectivity index (χ0) is 20.6. The summed E-state index contributed by atoms with van der Waals surface area (Å²) < 4.78 is 11.3. The molecule has 6 nitrogen and oxygen atoms in total. The van der Waals surface area contributed by atoms with Crippen LogP contribution in [-0.4, -0.2) is 18.1 Å². The molecule has 3 rings (SSSR count). The molecule has 1 heterocycles. The Balaban J connectivity index is 1.55. The Morgan fingerprint density at radius 1 is 1.00 bits per heavy atom. The van der Waals surface area contributed by atoms with Gasteiger partial charge < -0.3 is 24.7 Å². The summed E-state index contributed by atoms with van der Waals surface area (Å²) in [6.07, 6.45) is 1.68. The average Bonchev–Trinajstić information content (AvgIpc) is 2.74. The molecule has 0 bridgehead atoms. The number of aromatic nitrogens is 1. The molecule has 2 aromatic carbocycles. The van der Waals surface area contributed by atoms with Crippen LogP contribution in [0.2, 0.25) is 5.15 Å². The fraction of sp³-hybridized carbons (Fsp3) is 0.182. The largest absolute Gasteiger partial charge is 0.545 e. The van der Waals surface area contributed by atoms with E-state index in [0.717, 1.165) is 29.8 Å². The highest BCUT2D eigenvalue weighted by Gasteiger charge is 2.08. The van der Waals surface area contributed by atoms with Gasteiger partial charge in [-0.15, -0.1) is 0 Å². The van der Waals surface area contributed by atoms with Crippen molar-refractivity contribution < 1.29 is 24.7 Å². The molecule has 0 amide bonds. The summed E-state index contributed by atoms with van der Waals surface area (Å²) in [5, 5.41) is 13.4. The van der Waals surface area contributed by atoms with Crippen LogP contribution >= 0.6 is 11.6 Å². The number of methoxy groups -OCH3 is 1. The van der Waals surface area contributed by atoms with E-state index in [1.54, 1.807) is 43.6 Å². The molecule has 1 aromatic heterocycles. The molecule has 0 aliphatic carbocycles. The second-order valence-electron chi connectivity index (χ2n) is 6.44. The van der Waals surface area contributed by atoms with Gasteiger partial charge in [0.2, 0.25) is 0 Å². The number of carboxylic acids is 1. The van der Waals surface area contributed by atoms with Crippen molar-refractivity contribution in [1.29, 1.82) is 0 Å². The Kier molecular flexibility index (Phi) is 7.05. The number of pyridine rings is 1. The molecule has 0 spiro atoms. The molecule has 0 radical (unpaired) electrons. The molecular formula is C22H21ClN2O4. The minimum absolute atomic E-state index is 0.184. The van der Waals surface area contributed by atoms with Crippen LogP contribution in [0.3, 0.4) is 0 Å². The van der Waals surface area contributed by atoms with Crippen molar-refractivity contribution in [3.8, 4) is 11.5 Å². The first kappa shape index (κ1) is 20.6. The van der Waals surface area contributed by atoms with Gasteiger partial charge in [0.15, 0.2) is 11.5 Å². The number of nitrogens with two attached hydrogens (primary N) is 1. The van der Waals surface area contributed by atoms with E-state index in [4.69, 9.17) is 21.1 Å². The molecule has 150 valence electrons. The normalized spacial score (nSPS) is 10.6. The second kappa shape index (κ2) is 9.91. The number of aromatic carboxylic acids is 1. The van der Waals surface area contributed by atoms with E-state index in [1.165, 1.54) is 0 Å². The van der Waals surface area contributed by atoms with E-state index in [2.05, 4.69) is 10.3 Å². The summed E-state index contributed by atoms with van der Waals surface area (Å²) in [5.74, 6) is 0.155. The molecule has 0 aliphatic rings. The maximum Gasteiger partial charge on any atom is 0.161 e. The highest BCUT2D eigenvalue weighted by atomic mass is 35.5. The van der Waals surface area contributed by atoms with Gasteiger partial charge in [-0.25, -0.2) is 4.98 Å². The van der Waals surface area contributed by atoms with Crippen molar-refractivity contribution in [2.75, 3.05) is 7.11 Å². The zero-order valence-corrected chi connectivity index (χ0v) is 16.7. The van der Waals surface area contributed by atoms with E-state index in [0.29, 0.717) is 23.3 Å². The van der Waals surface area contributed by atoms with Gasteiger partial charge in [-0.3, -0.25) is 0 Å². The van der Waals surface area contributed by atoms with Gasteiger partial charge in [0.1, 0.15) is 24.8 Å². The van der Waals surface area contributed by atoms with Crippen molar-refractivity contribution in [3.63, 3.8) is 0 Å². The maximum absolute atomic E-state index is 10.8. The third-order valence-electron chi connectivity index (χ3n) is 4.36. The summed E-state index contributed by atoms with van der Waals surface area (Å²) in [6.45, 7) is 1.85. The van der Waals surface area contributed by atoms with E-state index < -0.39 is 5.97 Å². The van der Waals surface area contributed by atoms with Crippen LogP contribution < -0.4 is 19.9 Å². The van der Waals surface area contributed by atoms with Crippen molar-refractivity contribution in [2.45, 2.75) is 19.7 Å². The molecule has 0 saturated carbocycles. The Bertz CT molecular complexity index is 960. The summed E-state index contributed by atoms with van der Waals surface area (Å²) in [5.41, 5.74) is 3.23. The summed E-state index contributed by atoms with van der Waals surface area (Å²) in [7, 11) is 1.61. The molecule has 0 fully saturated rings. The standard InChI is InChI=1S/C22H21ClN2O4/c1-28-20-10-16(12-24-11-15-2-6-18(7-3-15)22(26)27)4-8-19(20)29-14-17-5-9-21(23)25-13-17/h2-10,13,24H,11-12,14H2,1H3,(H,26,27). The lowest BCUT2D eigenvalue weighted by molar-refractivity contribution is -0.686. The van der Waals surface area contributed by atoms with Gasteiger partial charge in [0, 0.05) is 22.9 Å². The van der Waals surface area contributed by atoms with Crippen LogP contribution in [0.4, 0.5) is 0 Å². The lowest BCUT2D eigenvalue weighted by atomic mass is 10.1. The molecule has 0 saturated heterocycles. The number of rotatable bonds is 9. The van der Waals surface area contributed by atoms with Crippen molar-refractivity contribution in [1.82, 2.24) is 4.98 Å². The van der Waals surface area contributed by atoms with Crippen LogP contribution in [-0.2, 0) is 19.7 Å². The predicted octanol–water partition coefficient (Wildman–Crippen LogP) is 1.95. The minimum atomic E-state index is -1.16. The Hall–Kier alpha value is -3.09. The van der Waals surface area contributed by atoms with E-state index in [1.807, 2.05) is 24.3 Å². The first-order chi connectivity index (χ1) is 14.0. The lowest BCUT2D eigenvalue weighted by Gasteiger charge is -2.12. The molecule has 0 aliphatic heterocycles. The van der Waals surface area contributed by atoms with E-state index >= 15 is 0 Å². The third kappa shape index (κ3) is 5.94. The SMILES string of the molecule is COc1cc(C[NH2+]Cc2ccc(C(=O)[O-])cc2)ccc1OCc1ccc(Cl)nc1. The van der Waals surface area contributed by atoms with E-state index in [9.17, 15) is 9.90 Å². The number of benzene rings is 2. The van der Waals surface area contributed by atoms with Crippen LogP contribution in [0.5, 0.6) is 11.5 Å². The predicted molar refractivity (Wildman–Crippen MR) is 107 cm³/mol. The average molecular weight is 413 g/mol. The summed E-state index contributed by atoms with van der Waals surface area (Å²) >= 11 is 5.79. The van der Waals surface area contributed by atoms with Gasteiger partial charge in [-0.2, -0.15) is 0 Å². The molecule has 0 atom stereocenters. The number of hydrogen-bond donors (Lipinski definition) is 1. The zero-order valence-electron chi connectivity index (χ0n) is 15.9. The highest BCUT2D eigenvalue weighted by Crippen LogP contribution is 2.28. The number of nitrogens with zero attached hydrogens (tertiary/aromatic N) is 1.